The van der Waals surface area contributed by atoms with Crippen LogP contribution in [0, 0.1) is 5.92 Å². The quantitative estimate of drug-likeness (QED) is 0.655. The number of alkyl carbamates (subject to hydrolysis) is 1. The van der Waals surface area contributed by atoms with E-state index in [0.717, 1.165) is 5.56 Å². The highest BCUT2D eigenvalue weighted by molar-refractivity contribution is 7.89. The van der Waals surface area contributed by atoms with Gasteiger partial charge in [-0.05, 0) is 42.9 Å². The first-order chi connectivity index (χ1) is 14.4. The lowest BCUT2D eigenvalue weighted by Gasteiger charge is -2.30. The summed E-state index contributed by atoms with van der Waals surface area (Å²) in [6, 6.07) is 6.85. The normalized spacial score (nSPS) is 15.9. The van der Waals surface area contributed by atoms with E-state index in [4.69, 9.17) is 4.74 Å². The molecule has 1 aromatic carbocycles. The third-order valence-corrected chi connectivity index (χ3v) is 6.92. The molecule has 0 atom stereocenters. The zero-order valence-electron chi connectivity index (χ0n) is 18.3. The first-order valence-corrected chi connectivity index (χ1v) is 11.6. The number of sulfonamides is 1. The fourth-order valence-electron chi connectivity index (χ4n) is 3.18. The lowest BCUT2D eigenvalue weighted by Crippen LogP contribution is -2.41. The monoisotopic (exact) mass is 454 g/mol. The summed E-state index contributed by atoms with van der Waals surface area (Å²) in [5.41, 5.74) is 0.966. The van der Waals surface area contributed by atoms with Gasteiger partial charge in [0.25, 0.3) is 5.91 Å². The van der Waals surface area contributed by atoms with Crippen molar-refractivity contribution >= 4 is 28.0 Å². The molecule has 1 aromatic rings. The van der Waals surface area contributed by atoms with Crippen molar-refractivity contribution in [3.05, 3.63) is 29.8 Å². The lowest BCUT2D eigenvalue weighted by atomic mass is 9.87. The predicted octanol–water partition coefficient (Wildman–Crippen LogP) is 2.20. The third kappa shape index (κ3) is 6.76. The van der Waals surface area contributed by atoms with Crippen LogP contribution < -0.4 is 5.32 Å². The number of imide groups is 1. The number of carbonyl (C=O) groups excluding carboxylic acids is 3. The van der Waals surface area contributed by atoms with Crippen LogP contribution in [-0.2, 0) is 34.5 Å². The molecule has 1 aliphatic heterocycles. The maximum atomic E-state index is 12.9. The molecule has 1 N–H and O–H groups in total. The second-order valence-corrected chi connectivity index (χ2v) is 10.3. The van der Waals surface area contributed by atoms with E-state index < -0.39 is 40.5 Å². The number of hydrogen-bond acceptors (Lipinski definition) is 7. The zero-order chi connectivity index (χ0) is 23.2. The smallest absolute Gasteiger partial charge is 0.413 e. The molecule has 10 heteroatoms. The summed E-state index contributed by atoms with van der Waals surface area (Å²) in [6.07, 6.45) is -0.326. The molecule has 0 saturated carbocycles. The molecule has 0 aromatic heterocycles. The van der Waals surface area contributed by atoms with Crippen LogP contribution in [0.3, 0.4) is 0 Å². The number of nitrogens with one attached hydrogen (secondary N) is 1. The highest BCUT2D eigenvalue weighted by Gasteiger charge is 2.33. The summed E-state index contributed by atoms with van der Waals surface area (Å²) in [7, 11) is -3.65. The van der Waals surface area contributed by atoms with Gasteiger partial charge in [-0.3, -0.25) is 14.9 Å². The Morgan fingerprint density at radius 2 is 1.65 bits per heavy atom. The van der Waals surface area contributed by atoms with Crippen LogP contribution in [0.15, 0.2) is 29.2 Å². The molecule has 1 heterocycles. The Morgan fingerprint density at radius 3 is 2.16 bits per heavy atom. The van der Waals surface area contributed by atoms with Crippen molar-refractivity contribution in [1.29, 1.82) is 0 Å². The Morgan fingerprint density at radius 1 is 1.06 bits per heavy atom. The van der Waals surface area contributed by atoms with Crippen molar-refractivity contribution in [1.82, 2.24) is 9.62 Å². The van der Waals surface area contributed by atoms with Gasteiger partial charge in [0.2, 0.25) is 10.0 Å². The van der Waals surface area contributed by atoms with Gasteiger partial charge in [-0.15, -0.1) is 0 Å². The number of hydrogen-bond donors (Lipinski definition) is 1. The Hall–Kier alpha value is -2.46. The van der Waals surface area contributed by atoms with E-state index >= 15 is 0 Å². The minimum absolute atomic E-state index is 0.0752. The van der Waals surface area contributed by atoms with Crippen molar-refractivity contribution < 1.29 is 32.3 Å². The Labute approximate surface area is 183 Å². The van der Waals surface area contributed by atoms with Gasteiger partial charge in [-0.2, -0.15) is 4.31 Å². The molecular weight excluding hydrogens is 424 g/mol. The van der Waals surface area contributed by atoms with Crippen LogP contribution in [0.5, 0.6) is 0 Å². The van der Waals surface area contributed by atoms with Crippen LogP contribution in [-0.4, -0.2) is 57.0 Å². The molecule has 0 spiro atoms. The number of nitrogens with zero attached hydrogens (tertiary/aromatic N) is 1. The highest BCUT2D eigenvalue weighted by Crippen LogP contribution is 2.27. The molecule has 31 heavy (non-hydrogen) atoms. The van der Waals surface area contributed by atoms with Gasteiger partial charge in [-0.25, -0.2) is 13.2 Å². The molecule has 0 radical (unpaired) electrons. The maximum absolute atomic E-state index is 12.9. The van der Waals surface area contributed by atoms with Gasteiger partial charge in [0.15, 0.2) is 6.61 Å². The predicted molar refractivity (Wildman–Crippen MR) is 113 cm³/mol. The van der Waals surface area contributed by atoms with E-state index in [2.05, 4.69) is 25.5 Å². The second kappa shape index (κ2) is 10.2. The van der Waals surface area contributed by atoms with E-state index in [-0.39, 0.29) is 42.8 Å². The van der Waals surface area contributed by atoms with E-state index in [9.17, 15) is 22.8 Å². The van der Waals surface area contributed by atoms with Crippen LogP contribution in [0.25, 0.3) is 0 Å². The Balaban J connectivity index is 1.87. The summed E-state index contributed by atoms with van der Waals surface area (Å²) < 4.78 is 36.7. The Kier molecular flexibility index (Phi) is 8.19. The summed E-state index contributed by atoms with van der Waals surface area (Å²) in [4.78, 5) is 35.1. The number of benzene rings is 1. The van der Waals surface area contributed by atoms with E-state index in [1.165, 1.54) is 4.31 Å². The van der Waals surface area contributed by atoms with Gasteiger partial charge < -0.3 is 9.47 Å². The van der Waals surface area contributed by atoms with Crippen LogP contribution in [0.1, 0.15) is 46.1 Å². The molecule has 1 fully saturated rings. The average molecular weight is 455 g/mol. The summed E-state index contributed by atoms with van der Waals surface area (Å²) >= 11 is 0. The van der Waals surface area contributed by atoms with Crippen LogP contribution in [0.2, 0.25) is 0 Å². The van der Waals surface area contributed by atoms with Gasteiger partial charge in [-0.1, -0.05) is 32.9 Å². The van der Waals surface area contributed by atoms with Gasteiger partial charge in [0.1, 0.15) is 0 Å². The van der Waals surface area contributed by atoms with Crippen molar-refractivity contribution in [3.8, 4) is 0 Å². The summed E-state index contributed by atoms with van der Waals surface area (Å²) in [5.74, 6) is -1.89. The minimum atomic E-state index is -3.65. The molecule has 1 saturated heterocycles. The van der Waals surface area contributed by atoms with Crippen molar-refractivity contribution in [2.24, 2.45) is 5.92 Å². The second-order valence-electron chi connectivity index (χ2n) is 8.33. The fourth-order valence-corrected chi connectivity index (χ4v) is 4.65. The fraction of sp³-hybridized carbons (Fsp3) is 0.571. The molecule has 2 amide bonds. The van der Waals surface area contributed by atoms with Gasteiger partial charge in [0, 0.05) is 13.1 Å². The molecule has 172 valence electrons. The number of amides is 2. The van der Waals surface area contributed by atoms with Crippen LogP contribution in [0.4, 0.5) is 4.79 Å². The third-order valence-electron chi connectivity index (χ3n) is 5.01. The van der Waals surface area contributed by atoms with Gasteiger partial charge in [0.05, 0.1) is 17.4 Å². The average Bonchev–Trinajstić information content (AvgIpc) is 2.71. The van der Waals surface area contributed by atoms with E-state index in [0.29, 0.717) is 0 Å². The molecule has 2 rings (SSSR count). The highest BCUT2D eigenvalue weighted by atomic mass is 32.2. The topological polar surface area (TPSA) is 119 Å². The van der Waals surface area contributed by atoms with Gasteiger partial charge >= 0.3 is 12.1 Å². The molecule has 0 unspecified atom stereocenters. The van der Waals surface area contributed by atoms with Crippen molar-refractivity contribution in [2.45, 2.75) is 50.8 Å². The summed E-state index contributed by atoms with van der Waals surface area (Å²) in [5, 5.41) is 1.93. The van der Waals surface area contributed by atoms with Crippen LogP contribution >= 0.6 is 0 Å². The number of rotatable bonds is 6. The molecule has 0 aliphatic carbocycles. The lowest BCUT2D eigenvalue weighted by molar-refractivity contribution is -0.153. The van der Waals surface area contributed by atoms with E-state index in [1.54, 1.807) is 19.1 Å². The summed E-state index contributed by atoms with van der Waals surface area (Å²) in [6.45, 7) is 7.63. The standard InChI is InChI=1S/C21H30N2O7S/c1-5-29-20(26)22-18(24)14-30-19(25)15-10-12-23(13-11-15)31(27,28)17-8-6-16(7-9-17)21(2,3)4/h6-9,15H,5,10-14H2,1-4H3,(H,22,24,26). The maximum Gasteiger partial charge on any atom is 0.413 e. The minimum Gasteiger partial charge on any atom is -0.455 e. The van der Waals surface area contributed by atoms with E-state index in [1.807, 2.05) is 17.4 Å². The zero-order valence-corrected chi connectivity index (χ0v) is 19.2. The SMILES string of the molecule is CCOC(=O)NC(=O)COC(=O)C1CCN(S(=O)(=O)c2ccc(C(C)(C)C)cc2)CC1. The number of carbonyl (C=O) groups is 3. The Bertz CT molecular complexity index is 897. The van der Waals surface area contributed by atoms with Crippen molar-refractivity contribution in [3.63, 3.8) is 0 Å². The molecule has 9 nitrogen and oxygen atoms in total. The molecule has 1 aliphatic rings. The molecule has 0 bridgehead atoms. The first-order valence-electron chi connectivity index (χ1n) is 10.2. The number of piperidine rings is 1. The number of esters is 1. The van der Waals surface area contributed by atoms with Crippen molar-refractivity contribution in [2.75, 3.05) is 26.3 Å². The molecular formula is C21H30N2O7S. The largest absolute Gasteiger partial charge is 0.455 e. The number of ether oxygens (including phenoxy) is 2. The first kappa shape index (κ1) is 24.8.